The molecule has 0 aliphatic carbocycles. The molecule has 1 N–H and O–H groups in total. The fourth-order valence-electron chi connectivity index (χ4n) is 5.93. The lowest BCUT2D eigenvalue weighted by Crippen LogP contribution is -2.50. The van der Waals surface area contributed by atoms with Crippen LogP contribution in [0.2, 0.25) is 0 Å². The molecule has 0 atom stereocenters. The molecular formula is C39H43N5O4S4. The number of nitrogens with one attached hydrogen (secondary N) is 1. The van der Waals surface area contributed by atoms with E-state index in [0.29, 0.717) is 64.0 Å². The molecule has 0 radical (unpaired) electrons. The van der Waals surface area contributed by atoms with Crippen molar-refractivity contribution in [3.8, 4) is 0 Å². The Kier molecular flexibility index (Phi) is 14.6. The first kappa shape index (κ1) is 39.3. The maximum absolute atomic E-state index is 13.0. The van der Waals surface area contributed by atoms with Crippen LogP contribution < -0.4 is 5.32 Å². The minimum Gasteiger partial charge on any atom is -0.355 e. The van der Waals surface area contributed by atoms with E-state index in [9.17, 15) is 19.2 Å². The Labute approximate surface area is 325 Å². The predicted octanol–water partition coefficient (Wildman–Crippen LogP) is 6.11. The van der Waals surface area contributed by atoms with Crippen molar-refractivity contribution in [3.63, 3.8) is 0 Å². The first-order valence-corrected chi connectivity index (χ1v) is 19.8. The van der Waals surface area contributed by atoms with E-state index in [1.165, 1.54) is 28.4 Å². The molecule has 3 aliphatic rings. The first-order chi connectivity index (χ1) is 25.1. The van der Waals surface area contributed by atoms with Crippen molar-refractivity contribution in [1.29, 1.82) is 0 Å². The number of carbonyl (C=O) groups is 4. The molecule has 4 amide bonds. The Morgan fingerprint density at radius 2 is 1.21 bits per heavy atom. The van der Waals surface area contributed by atoms with Crippen LogP contribution in [0.4, 0.5) is 0 Å². The highest BCUT2D eigenvalue weighted by molar-refractivity contribution is 8.27. The van der Waals surface area contributed by atoms with Crippen LogP contribution in [-0.4, -0.2) is 104 Å². The molecule has 2 aromatic rings. The summed E-state index contributed by atoms with van der Waals surface area (Å²) in [6.45, 7) is 8.38. The zero-order valence-electron chi connectivity index (χ0n) is 29.4. The molecule has 0 bridgehead atoms. The number of thioether (sulfide) groups is 2. The lowest BCUT2D eigenvalue weighted by atomic mass is 10.1. The largest absolute Gasteiger partial charge is 0.355 e. The van der Waals surface area contributed by atoms with Gasteiger partial charge in [-0.05, 0) is 54.7 Å². The van der Waals surface area contributed by atoms with Crippen molar-refractivity contribution in [3.05, 3.63) is 105 Å². The minimum atomic E-state index is -0.174. The predicted molar refractivity (Wildman–Crippen MR) is 220 cm³/mol. The van der Waals surface area contributed by atoms with Gasteiger partial charge in [0.1, 0.15) is 8.64 Å². The number of hydrogen-bond donors (Lipinski definition) is 1. The van der Waals surface area contributed by atoms with Gasteiger partial charge in [-0.25, -0.2) is 0 Å². The molecule has 3 saturated heterocycles. The van der Waals surface area contributed by atoms with E-state index in [1.807, 2.05) is 104 Å². The first-order valence-electron chi connectivity index (χ1n) is 17.3. The van der Waals surface area contributed by atoms with Crippen LogP contribution in [0, 0.1) is 0 Å². The molecule has 0 aromatic heterocycles. The van der Waals surface area contributed by atoms with E-state index in [4.69, 9.17) is 24.4 Å². The van der Waals surface area contributed by atoms with E-state index >= 15 is 0 Å². The second-order valence-electron chi connectivity index (χ2n) is 12.7. The van der Waals surface area contributed by atoms with Gasteiger partial charge in [0.2, 0.25) is 11.8 Å². The Balaban J connectivity index is 0.957. The fraction of sp³-hybridized carbons (Fsp3) is 0.333. The molecule has 0 spiro atoms. The number of thiocarbonyl (C=S) groups is 2. The summed E-state index contributed by atoms with van der Waals surface area (Å²) in [6.07, 6.45) is 8.80. The fourth-order valence-corrected chi connectivity index (χ4v) is 8.65. The highest BCUT2D eigenvalue weighted by atomic mass is 32.2. The van der Waals surface area contributed by atoms with Gasteiger partial charge in [0.05, 0.1) is 9.81 Å². The van der Waals surface area contributed by atoms with Crippen molar-refractivity contribution in [2.75, 3.05) is 52.4 Å². The second kappa shape index (κ2) is 19.3. The molecule has 0 saturated carbocycles. The highest BCUT2D eigenvalue weighted by Crippen LogP contribution is 2.33. The standard InChI is InChI=1S/C39H43N5O4S4/c1-28(24-30-10-5-3-6-11-30)26-32-36(47)43(38(49)51-32)17-9-14-35(46)42-22-20-41(21-23-42)19-16-40-34(45)15-18-44-37(48)33(52-39(44)50)27-29(2)25-31-12-7-4-8-13-31/h3-8,10-13,24-27H,9,14-23H2,1-2H3,(H,40,45). The highest BCUT2D eigenvalue weighted by Gasteiger charge is 2.33. The van der Waals surface area contributed by atoms with E-state index < -0.39 is 0 Å². The third-order valence-electron chi connectivity index (χ3n) is 8.66. The summed E-state index contributed by atoms with van der Waals surface area (Å²) in [5.41, 5.74) is 4.03. The lowest BCUT2D eigenvalue weighted by molar-refractivity contribution is -0.133. The average molecular weight is 774 g/mol. The molecule has 9 nitrogen and oxygen atoms in total. The Bertz CT molecular complexity index is 1800. The zero-order chi connectivity index (χ0) is 37.0. The van der Waals surface area contributed by atoms with Gasteiger partial charge in [-0.3, -0.25) is 33.9 Å². The summed E-state index contributed by atoms with van der Waals surface area (Å²) in [7, 11) is 0. The van der Waals surface area contributed by atoms with Crippen molar-refractivity contribution >= 4 is 92.4 Å². The van der Waals surface area contributed by atoms with Gasteiger partial charge in [-0.15, -0.1) is 0 Å². The topological polar surface area (TPSA) is 93.3 Å². The summed E-state index contributed by atoms with van der Waals surface area (Å²) >= 11 is 13.5. The van der Waals surface area contributed by atoms with E-state index in [1.54, 1.807) is 4.90 Å². The lowest BCUT2D eigenvalue weighted by Gasteiger charge is -2.35. The smallest absolute Gasteiger partial charge is 0.266 e. The monoisotopic (exact) mass is 773 g/mol. The van der Waals surface area contributed by atoms with Crippen LogP contribution in [0.5, 0.6) is 0 Å². The van der Waals surface area contributed by atoms with Crippen molar-refractivity contribution < 1.29 is 19.2 Å². The maximum atomic E-state index is 13.0. The molecule has 13 heteroatoms. The van der Waals surface area contributed by atoms with Gasteiger partial charge in [0, 0.05) is 65.2 Å². The van der Waals surface area contributed by atoms with Crippen molar-refractivity contribution in [1.82, 2.24) is 24.9 Å². The van der Waals surface area contributed by atoms with Crippen LogP contribution in [0.15, 0.2) is 93.8 Å². The van der Waals surface area contributed by atoms with E-state index in [2.05, 4.69) is 10.2 Å². The number of piperazine rings is 1. The molecule has 3 fully saturated rings. The third-order valence-corrected chi connectivity index (χ3v) is 11.4. The minimum absolute atomic E-state index is 0.0727. The third kappa shape index (κ3) is 11.3. The number of nitrogens with zero attached hydrogens (tertiary/aromatic N) is 4. The van der Waals surface area contributed by atoms with Gasteiger partial charge in [-0.1, -0.05) is 121 Å². The van der Waals surface area contributed by atoms with Crippen LogP contribution in [0.3, 0.4) is 0 Å². The van der Waals surface area contributed by atoms with Gasteiger partial charge < -0.3 is 10.2 Å². The molecule has 3 aliphatic heterocycles. The zero-order valence-corrected chi connectivity index (χ0v) is 32.7. The Morgan fingerprint density at radius 1 is 0.712 bits per heavy atom. The van der Waals surface area contributed by atoms with Crippen molar-refractivity contribution in [2.45, 2.75) is 33.1 Å². The molecule has 272 valence electrons. The average Bonchev–Trinajstić information content (AvgIpc) is 3.55. The Hall–Kier alpha value is -3.88. The quantitative estimate of drug-likeness (QED) is 0.180. The number of benzene rings is 2. The molecule has 52 heavy (non-hydrogen) atoms. The molecular weight excluding hydrogens is 731 g/mol. The second-order valence-corrected chi connectivity index (χ2v) is 16.0. The van der Waals surface area contributed by atoms with Crippen LogP contribution >= 0.6 is 48.0 Å². The number of amides is 4. The van der Waals surface area contributed by atoms with Crippen LogP contribution in [-0.2, 0) is 19.2 Å². The normalized spacial score (nSPS) is 19.1. The summed E-state index contributed by atoms with van der Waals surface area (Å²) in [6, 6.07) is 19.8. The number of hydrogen-bond acceptors (Lipinski definition) is 9. The Morgan fingerprint density at radius 3 is 1.73 bits per heavy atom. The molecule has 0 unspecified atom stereocenters. The van der Waals surface area contributed by atoms with Gasteiger partial charge in [0.15, 0.2) is 0 Å². The van der Waals surface area contributed by atoms with Gasteiger partial charge in [0.25, 0.3) is 11.8 Å². The van der Waals surface area contributed by atoms with Gasteiger partial charge in [-0.2, -0.15) is 0 Å². The summed E-state index contributed by atoms with van der Waals surface area (Å²) < 4.78 is 0.980. The van der Waals surface area contributed by atoms with Crippen LogP contribution in [0.1, 0.15) is 44.2 Å². The number of rotatable bonds is 14. The number of carbonyl (C=O) groups excluding carboxylic acids is 4. The summed E-state index contributed by atoms with van der Waals surface area (Å²) in [5.74, 6) is -0.349. The number of allylic oxidation sites excluding steroid dienone is 4. The molecule has 3 heterocycles. The van der Waals surface area contributed by atoms with Gasteiger partial charge >= 0.3 is 0 Å². The van der Waals surface area contributed by atoms with Crippen molar-refractivity contribution in [2.24, 2.45) is 0 Å². The molecule has 2 aromatic carbocycles. The SMILES string of the molecule is CC(=Cc1ccccc1)C=C1SC(=S)N(CCCC(=O)N2CCN(CCNC(=O)CCN3C(=O)C(=CC(C)=Cc4ccccc4)SC3=S)CC2)C1=O. The molecule has 5 rings (SSSR count). The van der Waals surface area contributed by atoms with E-state index in [0.717, 1.165) is 35.4 Å². The summed E-state index contributed by atoms with van der Waals surface area (Å²) in [4.78, 5) is 59.9. The van der Waals surface area contributed by atoms with E-state index in [-0.39, 0.29) is 36.6 Å². The summed E-state index contributed by atoms with van der Waals surface area (Å²) in [5, 5.41) is 2.95. The van der Waals surface area contributed by atoms with Crippen LogP contribution in [0.25, 0.3) is 12.2 Å². The maximum Gasteiger partial charge on any atom is 0.266 e.